The third-order valence-electron chi connectivity index (χ3n) is 4.49. The van der Waals surface area contributed by atoms with Crippen LogP contribution in [0.5, 0.6) is 0 Å². The average molecular weight is 254 g/mol. The van der Waals surface area contributed by atoms with Crippen LogP contribution in [0.4, 0.5) is 0 Å². The van der Waals surface area contributed by atoms with Gasteiger partial charge in [-0.15, -0.1) is 0 Å². The second-order valence-corrected chi connectivity index (χ2v) is 6.00. The van der Waals surface area contributed by atoms with Gasteiger partial charge in [-0.25, -0.2) is 0 Å². The maximum atomic E-state index is 12.4. The second-order valence-electron chi connectivity index (χ2n) is 6.00. The highest BCUT2D eigenvalue weighted by atomic mass is 16.5. The molecular formula is C14H26N2O2. The van der Waals surface area contributed by atoms with Gasteiger partial charge in [-0.05, 0) is 38.0 Å². The number of hydrogen-bond acceptors (Lipinski definition) is 3. The predicted molar refractivity (Wildman–Crippen MR) is 71.1 cm³/mol. The van der Waals surface area contributed by atoms with E-state index in [2.05, 4.69) is 6.92 Å². The number of likely N-dealkylation sites (N-methyl/N-ethyl adjacent to an activating group) is 1. The summed E-state index contributed by atoms with van der Waals surface area (Å²) < 4.78 is 5.58. The van der Waals surface area contributed by atoms with E-state index in [0.717, 1.165) is 45.3 Å². The summed E-state index contributed by atoms with van der Waals surface area (Å²) in [6.07, 6.45) is 5.36. The molecule has 0 aromatic heterocycles. The fourth-order valence-electron chi connectivity index (χ4n) is 3.08. The number of carbonyl (C=O) groups excluding carboxylic acids is 1. The van der Waals surface area contributed by atoms with Gasteiger partial charge in [0.25, 0.3) is 0 Å². The molecule has 0 radical (unpaired) electrons. The zero-order valence-electron chi connectivity index (χ0n) is 11.6. The number of rotatable bonds is 3. The van der Waals surface area contributed by atoms with Crippen molar-refractivity contribution in [1.82, 2.24) is 4.90 Å². The fourth-order valence-corrected chi connectivity index (χ4v) is 3.08. The molecule has 0 spiro atoms. The molecular weight excluding hydrogens is 228 g/mol. The summed E-state index contributed by atoms with van der Waals surface area (Å²) in [5, 5.41) is 0. The van der Waals surface area contributed by atoms with Crippen LogP contribution in [-0.4, -0.2) is 43.2 Å². The van der Waals surface area contributed by atoms with Crippen molar-refractivity contribution >= 4 is 5.91 Å². The van der Waals surface area contributed by atoms with Crippen LogP contribution in [-0.2, 0) is 9.53 Å². The predicted octanol–water partition coefficient (Wildman–Crippen LogP) is 1.39. The van der Waals surface area contributed by atoms with Gasteiger partial charge in [-0.2, -0.15) is 0 Å². The van der Waals surface area contributed by atoms with Gasteiger partial charge in [-0.3, -0.25) is 4.79 Å². The minimum Gasteiger partial charge on any atom is -0.376 e. The Morgan fingerprint density at radius 2 is 2.17 bits per heavy atom. The Balaban J connectivity index is 1.82. The summed E-state index contributed by atoms with van der Waals surface area (Å²) in [6.45, 7) is 3.76. The number of carbonyl (C=O) groups is 1. The van der Waals surface area contributed by atoms with Crippen LogP contribution in [0.3, 0.4) is 0 Å². The molecule has 0 aromatic rings. The van der Waals surface area contributed by atoms with Crippen molar-refractivity contribution in [3.8, 4) is 0 Å². The number of nitrogens with two attached hydrogens (primary N) is 1. The van der Waals surface area contributed by atoms with Crippen LogP contribution in [0.1, 0.15) is 39.0 Å². The first kappa shape index (κ1) is 13.8. The molecule has 1 heterocycles. The van der Waals surface area contributed by atoms with Gasteiger partial charge in [-0.1, -0.05) is 6.92 Å². The second kappa shape index (κ2) is 6.02. The summed E-state index contributed by atoms with van der Waals surface area (Å²) in [6, 6.07) is 0.184. The smallest absolute Gasteiger partial charge is 0.225 e. The van der Waals surface area contributed by atoms with E-state index in [9.17, 15) is 4.79 Å². The average Bonchev–Trinajstić information content (AvgIpc) is 2.84. The SMILES string of the molecule is CC1CCC(C(=O)N(C)CC2CCCO2)CC1N. The lowest BCUT2D eigenvalue weighted by Gasteiger charge is -2.33. The first-order chi connectivity index (χ1) is 8.58. The summed E-state index contributed by atoms with van der Waals surface area (Å²) in [4.78, 5) is 14.2. The molecule has 2 aliphatic rings. The monoisotopic (exact) mass is 254 g/mol. The van der Waals surface area contributed by atoms with Crippen molar-refractivity contribution < 1.29 is 9.53 Å². The standard InChI is InChI=1S/C14H26N2O2/c1-10-5-6-11(8-13(10)15)14(17)16(2)9-12-4-3-7-18-12/h10-13H,3-9,15H2,1-2H3. The van der Waals surface area contributed by atoms with Crippen LogP contribution in [0.25, 0.3) is 0 Å². The van der Waals surface area contributed by atoms with Gasteiger partial charge in [0.05, 0.1) is 6.10 Å². The maximum Gasteiger partial charge on any atom is 0.225 e. The molecule has 1 saturated heterocycles. The Kier molecular flexibility index (Phi) is 4.62. The maximum absolute atomic E-state index is 12.4. The molecule has 2 fully saturated rings. The molecule has 1 aliphatic carbocycles. The Hall–Kier alpha value is -0.610. The minimum atomic E-state index is 0.127. The number of hydrogen-bond donors (Lipinski definition) is 1. The highest BCUT2D eigenvalue weighted by molar-refractivity contribution is 5.78. The van der Waals surface area contributed by atoms with Crippen LogP contribution >= 0.6 is 0 Å². The van der Waals surface area contributed by atoms with Crippen molar-refractivity contribution in [2.24, 2.45) is 17.6 Å². The highest BCUT2D eigenvalue weighted by Crippen LogP contribution is 2.29. The lowest BCUT2D eigenvalue weighted by Crippen LogP contribution is -2.43. The zero-order chi connectivity index (χ0) is 13.1. The van der Waals surface area contributed by atoms with E-state index in [1.807, 2.05) is 11.9 Å². The molecule has 0 aromatic carbocycles. The van der Waals surface area contributed by atoms with Crippen LogP contribution in [0.15, 0.2) is 0 Å². The van der Waals surface area contributed by atoms with Gasteiger partial charge < -0.3 is 15.4 Å². The van der Waals surface area contributed by atoms with E-state index in [-0.39, 0.29) is 24.0 Å². The van der Waals surface area contributed by atoms with Gasteiger partial charge in [0.15, 0.2) is 0 Å². The number of nitrogens with zero attached hydrogens (tertiary/aromatic N) is 1. The van der Waals surface area contributed by atoms with Gasteiger partial charge in [0, 0.05) is 32.2 Å². The summed E-state index contributed by atoms with van der Waals surface area (Å²) >= 11 is 0. The Morgan fingerprint density at radius 3 is 2.78 bits per heavy atom. The van der Waals surface area contributed by atoms with Crippen molar-refractivity contribution in [3.05, 3.63) is 0 Å². The molecule has 18 heavy (non-hydrogen) atoms. The van der Waals surface area contributed by atoms with Gasteiger partial charge >= 0.3 is 0 Å². The van der Waals surface area contributed by atoms with Crippen LogP contribution in [0, 0.1) is 11.8 Å². The van der Waals surface area contributed by atoms with Crippen LogP contribution in [0.2, 0.25) is 0 Å². The third kappa shape index (κ3) is 3.23. The lowest BCUT2D eigenvalue weighted by atomic mass is 9.79. The quantitative estimate of drug-likeness (QED) is 0.828. The first-order valence-corrected chi connectivity index (χ1v) is 7.20. The molecule has 2 N–H and O–H groups in total. The summed E-state index contributed by atoms with van der Waals surface area (Å²) in [7, 11) is 1.90. The normalized spacial score (nSPS) is 36.6. The topological polar surface area (TPSA) is 55.6 Å². The van der Waals surface area contributed by atoms with Crippen LogP contribution < -0.4 is 5.73 Å². The van der Waals surface area contributed by atoms with Crippen molar-refractivity contribution in [2.75, 3.05) is 20.2 Å². The Morgan fingerprint density at radius 1 is 1.39 bits per heavy atom. The molecule has 4 heteroatoms. The van der Waals surface area contributed by atoms with E-state index >= 15 is 0 Å². The van der Waals surface area contributed by atoms with E-state index < -0.39 is 0 Å². The summed E-state index contributed by atoms with van der Waals surface area (Å²) in [5.74, 6) is 0.938. The zero-order valence-corrected chi connectivity index (χ0v) is 11.6. The van der Waals surface area contributed by atoms with Crippen molar-refractivity contribution in [1.29, 1.82) is 0 Å². The third-order valence-corrected chi connectivity index (χ3v) is 4.49. The van der Waals surface area contributed by atoms with E-state index in [4.69, 9.17) is 10.5 Å². The molecule has 0 bridgehead atoms. The highest BCUT2D eigenvalue weighted by Gasteiger charge is 2.32. The molecule has 4 nitrogen and oxygen atoms in total. The first-order valence-electron chi connectivity index (χ1n) is 7.20. The largest absolute Gasteiger partial charge is 0.376 e. The lowest BCUT2D eigenvalue weighted by molar-refractivity contribution is -0.137. The number of amides is 1. The fraction of sp³-hybridized carbons (Fsp3) is 0.929. The molecule has 2 rings (SSSR count). The molecule has 1 saturated carbocycles. The molecule has 1 amide bonds. The molecule has 1 aliphatic heterocycles. The molecule has 4 unspecified atom stereocenters. The Labute approximate surface area is 110 Å². The van der Waals surface area contributed by atoms with E-state index in [1.165, 1.54) is 0 Å². The van der Waals surface area contributed by atoms with E-state index in [1.54, 1.807) is 0 Å². The van der Waals surface area contributed by atoms with Crippen molar-refractivity contribution in [2.45, 2.75) is 51.2 Å². The Bertz CT molecular complexity index is 290. The van der Waals surface area contributed by atoms with Gasteiger partial charge in [0.1, 0.15) is 0 Å². The van der Waals surface area contributed by atoms with E-state index in [0.29, 0.717) is 5.92 Å². The molecule has 4 atom stereocenters. The molecule has 104 valence electrons. The van der Waals surface area contributed by atoms with Gasteiger partial charge in [0.2, 0.25) is 5.91 Å². The van der Waals surface area contributed by atoms with Crippen molar-refractivity contribution in [3.63, 3.8) is 0 Å². The summed E-state index contributed by atoms with van der Waals surface area (Å²) in [5.41, 5.74) is 6.07. The minimum absolute atomic E-state index is 0.127. The number of ether oxygens (including phenoxy) is 1.